The van der Waals surface area contributed by atoms with Gasteiger partial charge in [0, 0.05) is 54.6 Å². The molecule has 2 heterocycles. The molecule has 1 fully saturated rings. The van der Waals surface area contributed by atoms with Crippen molar-refractivity contribution in [1.29, 1.82) is 0 Å². The Morgan fingerprint density at radius 3 is 2.42 bits per heavy atom. The molecular formula is C28H29Cl2F3N2O3. The molecule has 10 heteroatoms. The summed E-state index contributed by atoms with van der Waals surface area (Å²) >= 11 is 13.2. The van der Waals surface area contributed by atoms with Crippen molar-refractivity contribution in [2.24, 2.45) is 13.0 Å². The fourth-order valence-corrected chi connectivity index (χ4v) is 5.71. The summed E-state index contributed by atoms with van der Waals surface area (Å²) in [5, 5.41) is 1.34. The number of carbonyl (C=O) groups is 2. The first-order valence-electron chi connectivity index (χ1n) is 12.4. The van der Waals surface area contributed by atoms with Gasteiger partial charge in [0.2, 0.25) is 0 Å². The van der Waals surface area contributed by atoms with Crippen molar-refractivity contribution in [3.8, 4) is 0 Å². The van der Waals surface area contributed by atoms with E-state index in [4.69, 9.17) is 27.9 Å². The Morgan fingerprint density at radius 2 is 1.79 bits per heavy atom. The van der Waals surface area contributed by atoms with E-state index in [1.54, 1.807) is 35.6 Å². The number of nitrogens with zero attached hydrogens (tertiary/aromatic N) is 2. The largest absolute Gasteiger partial charge is 0.469 e. The number of hydrogen-bond donors (Lipinski definition) is 0. The molecule has 1 amide bonds. The van der Waals surface area contributed by atoms with Crippen molar-refractivity contribution in [2.45, 2.75) is 45.2 Å². The number of likely N-dealkylation sites (tertiary alicyclic amines) is 1. The van der Waals surface area contributed by atoms with Crippen molar-refractivity contribution in [3.05, 3.63) is 68.3 Å². The summed E-state index contributed by atoms with van der Waals surface area (Å²) in [6.07, 6.45) is -1.52. The summed E-state index contributed by atoms with van der Waals surface area (Å²) in [5.74, 6) is -0.0738. The van der Waals surface area contributed by atoms with E-state index in [0.717, 1.165) is 37.1 Å². The Hall–Kier alpha value is -2.71. The molecule has 204 valence electrons. The number of ether oxygens (including phenoxy) is 1. The number of methoxy groups -OCH3 is 1. The zero-order valence-corrected chi connectivity index (χ0v) is 22.9. The molecule has 4 rings (SSSR count). The Morgan fingerprint density at radius 1 is 1.11 bits per heavy atom. The van der Waals surface area contributed by atoms with E-state index >= 15 is 0 Å². The number of aryl methyl sites for hydroxylation is 2. The van der Waals surface area contributed by atoms with Crippen LogP contribution in [0.15, 0.2) is 30.3 Å². The monoisotopic (exact) mass is 568 g/mol. The molecule has 38 heavy (non-hydrogen) atoms. The Balaban J connectivity index is 1.55. The van der Waals surface area contributed by atoms with Gasteiger partial charge in [-0.15, -0.1) is 0 Å². The van der Waals surface area contributed by atoms with Gasteiger partial charge in [0.1, 0.15) is 0 Å². The fourth-order valence-electron chi connectivity index (χ4n) is 5.12. The maximum absolute atomic E-state index is 13.4. The van der Waals surface area contributed by atoms with Crippen LogP contribution in [0.1, 0.15) is 58.4 Å². The molecule has 0 atom stereocenters. The van der Waals surface area contributed by atoms with Crippen LogP contribution in [0.3, 0.4) is 0 Å². The Labute approximate surface area is 229 Å². The molecule has 0 unspecified atom stereocenters. The van der Waals surface area contributed by atoms with E-state index in [-0.39, 0.29) is 23.3 Å². The topological polar surface area (TPSA) is 51.5 Å². The van der Waals surface area contributed by atoms with E-state index in [1.165, 1.54) is 7.11 Å². The molecule has 1 aliphatic rings. The molecule has 1 saturated heterocycles. The number of rotatable bonds is 6. The number of halogens is 5. The van der Waals surface area contributed by atoms with E-state index in [0.29, 0.717) is 58.0 Å². The van der Waals surface area contributed by atoms with Crippen LogP contribution >= 0.6 is 23.2 Å². The van der Waals surface area contributed by atoms with Gasteiger partial charge in [-0.05, 0) is 73.6 Å². The molecule has 0 saturated carbocycles. The first-order valence-corrected chi connectivity index (χ1v) is 13.2. The second-order valence-corrected chi connectivity index (χ2v) is 10.6. The normalized spacial score (nSPS) is 14.8. The number of hydrogen-bond acceptors (Lipinski definition) is 3. The van der Waals surface area contributed by atoms with E-state index in [1.807, 2.05) is 6.07 Å². The van der Waals surface area contributed by atoms with E-state index in [9.17, 15) is 22.8 Å². The number of fused-ring (bicyclic) bond motifs is 1. The quantitative estimate of drug-likeness (QED) is 0.295. The third-order valence-corrected chi connectivity index (χ3v) is 8.24. The van der Waals surface area contributed by atoms with Crippen LogP contribution in [0, 0.1) is 12.8 Å². The Bertz CT molecular complexity index is 1380. The van der Waals surface area contributed by atoms with Gasteiger partial charge >= 0.3 is 12.1 Å². The molecule has 0 spiro atoms. The van der Waals surface area contributed by atoms with Gasteiger partial charge in [0.05, 0.1) is 23.3 Å². The molecule has 1 aliphatic heterocycles. The first-order chi connectivity index (χ1) is 17.9. The highest BCUT2D eigenvalue weighted by atomic mass is 35.5. The fraction of sp³-hybridized carbons (Fsp3) is 0.429. The van der Waals surface area contributed by atoms with Gasteiger partial charge in [0.25, 0.3) is 5.91 Å². The minimum absolute atomic E-state index is 0.193. The summed E-state index contributed by atoms with van der Waals surface area (Å²) < 4.78 is 46.5. The highest BCUT2D eigenvalue weighted by molar-refractivity contribution is 6.38. The van der Waals surface area contributed by atoms with Crippen LogP contribution < -0.4 is 0 Å². The van der Waals surface area contributed by atoms with Gasteiger partial charge in [-0.1, -0.05) is 23.2 Å². The van der Waals surface area contributed by atoms with Crippen LogP contribution in [0.4, 0.5) is 13.2 Å². The van der Waals surface area contributed by atoms with Crippen LogP contribution in [0.2, 0.25) is 10.0 Å². The van der Waals surface area contributed by atoms with Crippen LogP contribution in [-0.2, 0) is 29.2 Å². The number of alkyl halides is 3. The number of aromatic nitrogens is 1. The van der Waals surface area contributed by atoms with E-state index in [2.05, 4.69) is 0 Å². The number of amides is 1. The molecule has 0 radical (unpaired) electrons. The molecule has 0 bridgehead atoms. The first kappa shape index (κ1) is 28.3. The minimum Gasteiger partial charge on any atom is -0.469 e. The lowest BCUT2D eigenvalue weighted by Gasteiger charge is -2.32. The third-order valence-electron chi connectivity index (χ3n) is 7.46. The van der Waals surface area contributed by atoms with Gasteiger partial charge in [-0.25, -0.2) is 0 Å². The highest BCUT2D eigenvalue weighted by Gasteiger charge is 2.32. The van der Waals surface area contributed by atoms with Crippen LogP contribution in [-0.4, -0.2) is 41.5 Å². The predicted octanol–water partition coefficient (Wildman–Crippen LogP) is 7.21. The number of carbonyl (C=O) groups excluding carboxylic acids is 2. The number of esters is 1. The smallest absolute Gasteiger partial charge is 0.416 e. The van der Waals surface area contributed by atoms with Crippen molar-refractivity contribution < 1.29 is 27.5 Å². The van der Waals surface area contributed by atoms with Crippen LogP contribution in [0.25, 0.3) is 10.9 Å². The second kappa shape index (κ2) is 11.2. The maximum atomic E-state index is 13.4. The maximum Gasteiger partial charge on any atom is 0.416 e. The molecule has 0 aliphatic carbocycles. The van der Waals surface area contributed by atoms with Crippen molar-refractivity contribution in [2.75, 3.05) is 20.2 Å². The lowest BCUT2D eigenvalue weighted by Crippen LogP contribution is -2.38. The third kappa shape index (κ3) is 5.81. The average molecular weight is 569 g/mol. The van der Waals surface area contributed by atoms with Crippen LogP contribution in [0.5, 0.6) is 0 Å². The van der Waals surface area contributed by atoms with Crippen molar-refractivity contribution in [1.82, 2.24) is 9.47 Å². The summed E-state index contributed by atoms with van der Waals surface area (Å²) in [4.78, 5) is 26.5. The summed E-state index contributed by atoms with van der Waals surface area (Å²) in [7, 11) is 3.08. The standard InChI is InChI=1S/C28H29Cl2F3N2O3/c1-16-12-18(28(31,32)33)13-24-21(16)14-19(34(24)2)15-22-23(29)6-5-20(26(22)30)27(37)35-10-8-17(9-11-35)4-7-25(36)38-3/h5-6,12-14,17H,4,7-11,15H2,1-3H3. The summed E-state index contributed by atoms with van der Waals surface area (Å²) in [6.45, 7) is 2.77. The van der Waals surface area contributed by atoms with Crippen molar-refractivity contribution in [3.63, 3.8) is 0 Å². The van der Waals surface area contributed by atoms with Gasteiger partial charge in [0.15, 0.2) is 0 Å². The van der Waals surface area contributed by atoms with Gasteiger partial charge in [-0.2, -0.15) is 13.2 Å². The zero-order chi connectivity index (χ0) is 27.8. The predicted molar refractivity (Wildman–Crippen MR) is 142 cm³/mol. The number of benzene rings is 2. The molecular weight excluding hydrogens is 540 g/mol. The second-order valence-electron chi connectivity index (χ2n) is 9.83. The van der Waals surface area contributed by atoms with E-state index < -0.39 is 11.7 Å². The zero-order valence-electron chi connectivity index (χ0n) is 21.4. The number of piperidine rings is 1. The summed E-state index contributed by atoms with van der Waals surface area (Å²) in [5.41, 5.74) is 1.89. The molecule has 1 aromatic heterocycles. The lowest BCUT2D eigenvalue weighted by molar-refractivity contribution is -0.141. The highest BCUT2D eigenvalue weighted by Crippen LogP contribution is 2.36. The molecule has 2 aromatic carbocycles. The van der Waals surface area contributed by atoms with Crippen molar-refractivity contribution >= 4 is 46.0 Å². The molecule has 3 aromatic rings. The SMILES string of the molecule is COC(=O)CCC1CCN(C(=O)c2ccc(Cl)c(Cc3cc4c(C)cc(C(F)(F)F)cc4n3C)c2Cl)CC1. The van der Waals surface area contributed by atoms with Gasteiger partial charge < -0.3 is 14.2 Å². The minimum atomic E-state index is -4.44. The average Bonchev–Trinajstić information content (AvgIpc) is 3.20. The van der Waals surface area contributed by atoms with Gasteiger partial charge in [-0.3, -0.25) is 9.59 Å². The summed E-state index contributed by atoms with van der Waals surface area (Å²) in [6, 6.07) is 7.37. The Kier molecular flexibility index (Phi) is 8.33. The molecule has 5 nitrogen and oxygen atoms in total. The molecule has 0 N–H and O–H groups in total. The lowest BCUT2D eigenvalue weighted by atomic mass is 9.92.